The molecule has 0 bridgehead atoms. The summed E-state index contributed by atoms with van der Waals surface area (Å²) in [6.07, 6.45) is 5.17. The van der Waals surface area contributed by atoms with E-state index in [9.17, 15) is 0 Å². The fourth-order valence-electron chi connectivity index (χ4n) is 1.70. The van der Waals surface area contributed by atoms with Crippen LogP contribution >= 0.6 is 11.8 Å². The zero-order chi connectivity index (χ0) is 11.1. The van der Waals surface area contributed by atoms with Gasteiger partial charge in [0.25, 0.3) is 0 Å². The Morgan fingerprint density at radius 3 is 2.93 bits per heavy atom. The second kappa shape index (κ2) is 6.90. The van der Waals surface area contributed by atoms with E-state index in [0.717, 1.165) is 25.3 Å². The number of hydrogen-bond donors (Lipinski definition) is 1. The lowest BCUT2D eigenvalue weighted by molar-refractivity contribution is 0.508. The van der Waals surface area contributed by atoms with E-state index in [4.69, 9.17) is 0 Å². The highest BCUT2D eigenvalue weighted by Crippen LogP contribution is 2.16. The van der Waals surface area contributed by atoms with Gasteiger partial charge in [0.15, 0.2) is 0 Å². The van der Waals surface area contributed by atoms with Crippen molar-refractivity contribution in [3.63, 3.8) is 0 Å². The molecule has 0 amide bonds. The maximum absolute atomic E-state index is 4.36. The average Bonchev–Trinajstić information content (AvgIpc) is 2.66. The van der Waals surface area contributed by atoms with Crippen LogP contribution in [0.15, 0.2) is 12.3 Å². The molecule has 0 aliphatic heterocycles. The third-order valence-corrected chi connectivity index (χ3v) is 2.99. The Kier molecular flexibility index (Phi) is 5.79. The van der Waals surface area contributed by atoms with Crippen molar-refractivity contribution in [1.29, 1.82) is 0 Å². The van der Waals surface area contributed by atoms with Gasteiger partial charge in [-0.05, 0) is 25.3 Å². The van der Waals surface area contributed by atoms with Crippen LogP contribution in [0, 0.1) is 0 Å². The molecule has 1 atom stereocenters. The molecule has 0 saturated carbocycles. The first-order chi connectivity index (χ1) is 7.33. The lowest BCUT2D eigenvalue weighted by atomic mass is 10.2. The Morgan fingerprint density at radius 1 is 1.53 bits per heavy atom. The van der Waals surface area contributed by atoms with Crippen LogP contribution in [0.3, 0.4) is 0 Å². The minimum atomic E-state index is 0.430. The van der Waals surface area contributed by atoms with Gasteiger partial charge in [0.1, 0.15) is 0 Å². The highest BCUT2D eigenvalue weighted by atomic mass is 32.2. The molecule has 4 heteroatoms. The van der Waals surface area contributed by atoms with Crippen LogP contribution < -0.4 is 5.32 Å². The molecule has 3 nitrogen and oxygen atoms in total. The van der Waals surface area contributed by atoms with Gasteiger partial charge in [-0.15, -0.1) is 0 Å². The number of aryl methyl sites for hydroxylation is 1. The molecule has 0 saturated heterocycles. The maximum Gasteiger partial charge on any atom is 0.0583 e. The van der Waals surface area contributed by atoms with Crippen molar-refractivity contribution in [1.82, 2.24) is 15.1 Å². The summed E-state index contributed by atoms with van der Waals surface area (Å²) in [5, 5.41) is 7.86. The van der Waals surface area contributed by atoms with Crippen molar-refractivity contribution in [3.8, 4) is 0 Å². The predicted molar refractivity (Wildman–Crippen MR) is 67.3 cm³/mol. The summed E-state index contributed by atoms with van der Waals surface area (Å²) in [7, 11) is 0. The van der Waals surface area contributed by atoms with Gasteiger partial charge in [0.2, 0.25) is 0 Å². The SMILES string of the molecule is CCCn1nccc1C(CSC)NCC. The van der Waals surface area contributed by atoms with E-state index in [-0.39, 0.29) is 0 Å². The van der Waals surface area contributed by atoms with E-state index in [1.54, 1.807) is 0 Å². The van der Waals surface area contributed by atoms with E-state index in [2.05, 4.69) is 41.3 Å². The number of rotatable bonds is 7. The van der Waals surface area contributed by atoms with Gasteiger partial charge < -0.3 is 5.32 Å². The standard InChI is InChI=1S/C11H21N3S/c1-4-8-14-11(6-7-13-14)10(9-15-3)12-5-2/h6-7,10,12H,4-5,8-9H2,1-3H3. The summed E-state index contributed by atoms with van der Waals surface area (Å²) in [5.41, 5.74) is 1.31. The van der Waals surface area contributed by atoms with Gasteiger partial charge in [-0.3, -0.25) is 4.68 Å². The fraction of sp³-hybridized carbons (Fsp3) is 0.727. The molecular weight excluding hydrogens is 206 g/mol. The first-order valence-corrected chi connectivity index (χ1v) is 6.96. The summed E-state index contributed by atoms with van der Waals surface area (Å²) in [4.78, 5) is 0. The van der Waals surface area contributed by atoms with Crippen molar-refractivity contribution in [3.05, 3.63) is 18.0 Å². The highest BCUT2D eigenvalue weighted by molar-refractivity contribution is 7.98. The molecule has 0 spiro atoms. The maximum atomic E-state index is 4.36. The van der Waals surface area contributed by atoms with Crippen LogP contribution in [-0.4, -0.2) is 28.3 Å². The van der Waals surface area contributed by atoms with Crippen molar-refractivity contribution < 1.29 is 0 Å². The summed E-state index contributed by atoms with van der Waals surface area (Å²) >= 11 is 1.87. The van der Waals surface area contributed by atoms with E-state index >= 15 is 0 Å². The van der Waals surface area contributed by atoms with Crippen LogP contribution in [0.1, 0.15) is 32.0 Å². The molecular formula is C11H21N3S. The van der Waals surface area contributed by atoms with Gasteiger partial charge in [0, 0.05) is 18.5 Å². The van der Waals surface area contributed by atoms with Crippen LogP contribution in [0.25, 0.3) is 0 Å². The molecule has 15 heavy (non-hydrogen) atoms. The molecule has 1 aromatic heterocycles. The van der Waals surface area contributed by atoms with Crippen LogP contribution in [0.2, 0.25) is 0 Å². The minimum absolute atomic E-state index is 0.430. The zero-order valence-corrected chi connectivity index (χ0v) is 10.7. The first-order valence-electron chi connectivity index (χ1n) is 5.57. The van der Waals surface area contributed by atoms with Crippen LogP contribution in [-0.2, 0) is 6.54 Å². The molecule has 0 fully saturated rings. The smallest absolute Gasteiger partial charge is 0.0583 e. The van der Waals surface area contributed by atoms with Crippen molar-refractivity contribution in [2.75, 3.05) is 18.6 Å². The zero-order valence-electron chi connectivity index (χ0n) is 9.86. The Labute approximate surface area is 96.6 Å². The Balaban J connectivity index is 2.74. The predicted octanol–water partition coefficient (Wildman–Crippen LogP) is 2.31. The Morgan fingerprint density at radius 2 is 2.33 bits per heavy atom. The van der Waals surface area contributed by atoms with Gasteiger partial charge >= 0.3 is 0 Å². The van der Waals surface area contributed by atoms with E-state index < -0.39 is 0 Å². The summed E-state index contributed by atoms with van der Waals surface area (Å²) in [6, 6.07) is 2.55. The normalized spacial score (nSPS) is 13.0. The summed E-state index contributed by atoms with van der Waals surface area (Å²) in [5.74, 6) is 1.10. The highest BCUT2D eigenvalue weighted by Gasteiger charge is 2.13. The van der Waals surface area contributed by atoms with Crippen LogP contribution in [0.5, 0.6) is 0 Å². The van der Waals surface area contributed by atoms with Gasteiger partial charge in [-0.25, -0.2) is 0 Å². The molecule has 0 aromatic carbocycles. The lowest BCUT2D eigenvalue weighted by Gasteiger charge is -2.18. The third-order valence-electron chi connectivity index (χ3n) is 2.33. The van der Waals surface area contributed by atoms with E-state index in [0.29, 0.717) is 6.04 Å². The third kappa shape index (κ3) is 3.54. The largest absolute Gasteiger partial charge is 0.308 e. The number of thioether (sulfide) groups is 1. The number of nitrogens with one attached hydrogen (secondary N) is 1. The van der Waals surface area contributed by atoms with Gasteiger partial charge in [-0.2, -0.15) is 16.9 Å². The molecule has 0 radical (unpaired) electrons. The number of aromatic nitrogens is 2. The molecule has 0 aliphatic carbocycles. The Bertz CT molecular complexity index is 267. The monoisotopic (exact) mass is 227 g/mol. The van der Waals surface area contributed by atoms with Crippen LogP contribution in [0.4, 0.5) is 0 Å². The van der Waals surface area contributed by atoms with E-state index in [1.807, 2.05) is 18.0 Å². The first kappa shape index (κ1) is 12.6. The lowest BCUT2D eigenvalue weighted by Crippen LogP contribution is -2.25. The summed E-state index contributed by atoms with van der Waals surface area (Å²) < 4.78 is 2.11. The molecule has 1 N–H and O–H groups in total. The number of hydrogen-bond acceptors (Lipinski definition) is 3. The quantitative estimate of drug-likeness (QED) is 0.775. The minimum Gasteiger partial charge on any atom is -0.308 e. The molecule has 0 aliphatic rings. The summed E-state index contributed by atoms with van der Waals surface area (Å²) in [6.45, 7) is 6.34. The average molecular weight is 227 g/mol. The second-order valence-electron chi connectivity index (χ2n) is 3.54. The Hall–Kier alpha value is -0.480. The van der Waals surface area contributed by atoms with Crippen molar-refractivity contribution >= 4 is 11.8 Å². The fourth-order valence-corrected chi connectivity index (χ4v) is 2.32. The molecule has 1 rings (SSSR count). The van der Waals surface area contributed by atoms with Crippen molar-refractivity contribution in [2.45, 2.75) is 32.9 Å². The molecule has 1 aromatic rings. The number of nitrogens with zero attached hydrogens (tertiary/aromatic N) is 2. The second-order valence-corrected chi connectivity index (χ2v) is 4.46. The topological polar surface area (TPSA) is 29.9 Å². The van der Waals surface area contributed by atoms with E-state index in [1.165, 1.54) is 5.69 Å². The van der Waals surface area contributed by atoms with Crippen molar-refractivity contribution in [2.24, 2.45) is 0 Å². The molecule has 1 heterocycles. The molecule has 86 valence electrons. The van der Waals surface area contributed by atoms with Gasteiger partial charge in [-0.1, -0.05) is 13.8 Å². The van der Waals surface area contributed by atoms with Gasteiger partial charge in [0.05, 0.1) is 11.7 Å². The molecule has 1 unspecified atom stereocenters.